The molecule has 1 heterocycles. The minimum Gasteiger partial charge on any atom is -0.497 e. The zero-order valence-corrected chi connectivity index (χ0v) is 16.9. The minimum absolute atomic E-state index is 0.282. The number of halogens is 1. The molecule has 30 heavy (non-hydrogen) atoms. The number of benzene rings is 3. The summed E-state index contributed by atoms with van der Waals surface area (Å²) in [6.45, 7) is 1.97. The van der Waals surface area contributed by atoms with Crippen LogP contribution in [0.15, 0.2) is 66.7 Å². The molecular weight excluding hydrogens is 381 g/mol. The monoisotopic (exact) mass is 405 g/mol. The second-order valence-electron chi connectivity index (χ2n) is 6.97. The van der Waals surface area contributed by atoms with Crippen LogP contribution in [0.3, 0.4) is 0 Å². The van der Waals surface area contributed by atoms with Crippen LogP contribution in [-0.2, 0) is 11.3 Å². The van der Waals surface area contributed by atoms with E-state index >= 15 is 0 Å². The molecule has 0 radical (unpaired) electrons. The van der Waals surface area contributed by atoms with Gasteiger partial charge in [-0.15, -0.1) is 0 Å². The zero-order chi connectivity index (χ0) is 20.8. The van der Waals surface area contributed by atoms with Gasteiger partial charge in [-0.05, 0) is 47.0 Å². The van der Waals surface area contributed by atoms with Crippen LogP contribution in [0, 0.1) is 5.82 Å². The Balaban J connectivity index is 1.41. The van der Waals surface area contributed by atoms with Gasteiger partial charge in [-0.2, -0.15) is 0 Å². The van der Waals surface area contributed by atoms with Crippen molar-refractivity contribution in [2.75, 3.05) is 32.2 Å². The van der Waals surface area contributed by atoms with Crippen molar-refractivity contribution in [1.29, 1.82) is 0 Å². The molecule has 0 bridgehead atoms. The lowest BCUT2D eigenvalue weighted by Gasteiger charge is -2.22. The van der Waals surface area contributed by atoms with Gasteiger partial charge in [0.15, 0.2) is 0 Å². The summed E-state index contributed by atoms with van der Waals surface area (Å²) >= 11 is 0. The lowest BCUT2D eigenvalue weighted by Crippen LogP contribution is -2.14. The van der Waals surface area contributed by atoms with E-state index in [1.54, 1.807) is 13.2 Å². The van der Waals surface area contributed by atoms with Crippen LogP contribution < -0.4 is 14.8 Å². The van der Waals surface area contributed by atoms with Crippen LogP contribution in [0.2, 0.25) is 0 Å². The number of fused-ring (bicyclic) bond motifs is 1. The Labute approximate surface area is 175 Å². The van der Waals surface area contributed by atoms with E-state index in [9.17, 15) is 4.39 Å². The van der Waals surface area contributed by atoms with Crippen LogP contribution in [0.5, 0.6) is 11.5 Å². The van der Waals surface area contributed by atoms with Gasteiger partial charge in [0.05, 0.1) is 26.0 Å². The summed E-state index contributed by atoms with van der Waals surface area (Å²) in [4.78, 5) is 0. The van der Waals surface area contributed by atoms with Crippen LogP contribution in [0.25, 0.3) is 11.6 Å². The predicted molar refractivity (Wildman–Crippen MR) is 117 cm³/mol. The topological polar surface area (TPSA) is 39.7 Å². The van der Waals surface area contributed by atoms with Gasteiger partial charge in [-0.25, -0.2) is 4.39 Å². The van der Waals surface area contributed by atoms with Crippen molar-refractivity contribution in [1.82, 2.24) is 0 Å². The Hall–Kier alpha value is -3.31. The van der Waals surface area contributed by atoms with Crippen molar-refractivity contribution in [2.45, 2.75) is 6.61 Å². The van der Waals surface area contributed by atoms with Crippen LogP contribution in [0.4, 0.5) is 10.1 Å². The van der Waals surface area contributed by atoms with Crippen LogP contribution in [-0.4, -0.2) is 26.9 Å². The number of hydrogen-bond donors (Lipinski definition) is 1. The Morgan fingerprint density at radius 3 is 2.50 bits per heavy atom. The molecule has 1 N–H and O–H groups in total. The van der Waals surface area contributed by atoms with Gasteiger partial charge in [0, 0.05) is 12.1 Å². The Bertz CT molecular complexity index is 1020. The third kappa shape index (κ3) is 4.63. The number of ether oxygens (including phenoxy) is 3. The number of rotatable bonds is 8. The lowest BCUT2D eigenvalue weighted by molar-refractivity contribution is 0.0891. The summed E-state index contributed by atoms with van der Waals surface area (Å²) in [7, 11) is 1.64. The minimum atomic E-state index is -0.282. The first kappa shape index (κ1) is 20.0. The van der Waals surface area contributed by atoms with E-state index < -0.39 is 0 Å². The number of hydrogen-bond acceptors (Lipinski definition) is 4. The van der Waals surface area contributed by atoms with Gasteiger partial charge >= 0.3 is 0 Å². The first-order valence-corrected chi connectivity index (χ1v) is 9.90. The molecule has 0 atom stereocenters. The average molecular weight is 405 g/mol. The van der Waals surface area contributed by atoms with Crippen LogP contribution >= 0.6 is 0 Å². The first-order chi connectivity index (χ1) is 14.7. The molecule has 0 aliphatic carbocycles. The Kier molecular flexibility index (Phi) is 6.30. The Morgan fingerprint density at radius 2 is 1.73 bits per heavy atom. The van der Waals surface area contributed by atoms with E-state index in [2.05, 4.69) is 5.32 Å². The maximum atomic E-state index is 14.5. The summed E-state index contributed by atoms with van der Waals surface area (Å²) in [6, 6.07) is 20.8. The highest BCUT2D eigenvalue weighted by molar-refractivity contribution is 5.92. The summed E-state index contributed by atoms with van der Waals surface area (Å²) in [5.41, 5.74) is 4.33. The van der Waals surface area contributed by atoms with Crippen molar-refractivity contribution in [3.8, 4) is 11.5 Å². The highest BCUT2D eigenvalue weighted by Crippen LogP contribution is 2.37. The zero-order valence-electron chi connectivity index (χ0n) is 16.9. The second-order valence-corrected chi connectivity index (χ2v) is 6.97. The fourth-order valence-corrected chi connectivity index (χ4v) is 3.39. The van der Waals surface area contributed by atoms with Crippen LogP contribution in [0.1, 0.15) is 16.7 Å². The molecule has 3 aromatic rings. The molecule has 4 rings (SSSR count). The summed E-state index contributed by atoms with van der Waals surface area (Å²) in [6.07, 6.45) is 1.88. The number of methoxy groups -OCH3 is 1. The molecule has 0 unspecified atom stereocenters. The SMILES string of the molecule is COc1ccc(C2=Cc3c(F)ccc(OCCOCc4ccccc4)c3NC2)cc1. The normalized spacial score (nSPS) is 12.5. The molecule has 4 nitrogen and oxygen atoms in total. The van der Waals surface area contributed by atoms with E-state index in [0.717, 1.165) is 22.4 Å². The van der Waals surface area contributed by atoms with E-state index in [-0.39, 0.29) is 5.82 Å². The van der Waals surface area contributed by atoms with Crippen molar-refractivity contribution in [3.05, 3.63) is 89.2 Å². The van der Waals surface area contributed by atoms with Crippen molar-refractivity contribution >= 4 is 17.3 Å². The largest absolute Gasteiger partial charge is 0.497 e. The van der Waals surface area contributed by atoms with Gasteiger partial charge in [-0.3, -0.25) is 0 Å². The van der Waals surface area contributed by atoms with Crippen molar-refractivity contribution < 1.29 is 18.6 Å². The van der Waals surface area contributed by atoms with Crippen molar-refractivity contribution in [2.24, 2.45) is 0 Å². The molecule has 0 amide bonds. The maximum absolute atomic E-state index is 14.5. The molecule has 3 aromatic carbocycles. The molecule has 0 fully saturated rings. The van der Waals surface area contributed by atoms with Crippen molar-refractivity contribution in [3.63, 3.8) is 0 Å². The molecule has 154 valence electrons. The van der Waals surface area contributed by atoms with E-state index in [4.69, 9.17) is 14.2 Å². The van der Waals surface area contributed by atoms with Gasteiger partial charge in [0.2, 0.25) is 0 Å². The van der Waals surface area contributed by atoms with E-state index in [1.165, 1.54) is 6.07 Å². The first-order valence-electron chi connectivity index (χ1n) is 9.90. The van der Waals surface area contributed by atoms with Gasteiger partial charge in [0.1, 0.15) is 23.9 Å². The standard InChI is InChI=1S/C25H24FNO3/c1-28-21-9-7-19(8-10-21)20-15-22-23(26)11-12-24(25(22)27-16-20)30-14-13-29-17-18-5-3-2-4-6-18/h2-12,15,27H,13-14,16-17H2,1H3. The van der Waals surface area contributed by atoms with Gasteiger partial charge in [0.25, 0.3) is 0 Å². The summed E-state index contributed by atoms with van der Waals surface area (Å²) < 4.78 is 31.2. The highest BCUT2D eigenvalue weighted by Gasteiger charge is 2.19. The smallest absolute Gasteiger partial charge is 0.143 e. The molecule has 0 spiro atoms. The molecule has 5 heteroatoms. The fourth-order valence-electron chi connectivity index (χ4n) is 3.39. The quantitative estimate of drug-likeness (QED) is 0.510. The third-order valence-electron chi connectivity index (χ3n) is 4.99. The maximum Gasteiger partial charge on any atom is 0.143 e. The highest BCUT2D eigenvalue weighted by atomic mass is 19.1. The predicted octanol–water partition coefficient (Wildman–Crippen LogP) is 5.40. The molecule has 1 aliphatic heterocycles. The molecule has 0 saturated heterocycles. The second kappa shape index (κ2) is 9.46. The fraction of sp³-hybridized carbons (Fsp3) is 0.200. The average Bonchev–Trinajstić information content (AvgIpc) is 2.81. The van der Waals surface area contributed by atoms with Gasteiger partial charge < -0.3 is 19.5 Å². The molecule has 1 aliphatic rings. The molecule has 0 aromatic heterocycles. The number of anilines is 1. The lowest BCUT2D eigenvalue weighted by atomic mass is 9.97. The van der Waals surface area contributed by atoms with E-state index in [0.29, 0.717) is 43.4 Å². The third-order valence-corrected chi connectivity index (χ3v) is 4.99. The number of nitrogens with one attached hydrogen (secondary N) is 1. The van der Waals surface area contributed by atoms with Gasteiger partial charge in [-0.1, -0.05) is 42.5 Å². The Morgan fingerprint density at radius 1 is 0.933 bits per heavy atom. The molecular formula is C25H24FNO3. The molecule has 0 saturated carbocycles. The summed E-state index contributed by atoms with van der Waals surface area (Å²) in [5, 5.41) is 3.31. The van der Waals surface area contributed by atoms with E-state index in [1.807, 2.05) is 60.7 Å². The summed E-state index contributed by atoms with van der Waals surface area (Å²) in [5.74, 6) is 1.13.